The maximum absolute atomic E-state index is 13.3. The smallest absolute Gasteiger partial charge is 0.253 e. The summed E-state index contributed by atoms with van der Waals surface area (Å²) in [7, 11) is -2.41. The Morgan fingerprint density at radius 3 is 2.75 bits per heavy atom. The molecule has 170 valence electrons. The van der Waals surface area contributed by atoms with Crippen LogP contribution in [0.2, 0.25) is 0 Å². The SMILES string of the molecule is COc1ccc(C(=O)N2CCC[C@@H](c3nc4ccccc4[nH]3)C2)cc1S(=O)(=O)NC(C)C. The average molecular weight is 457 g/mol. The van der Waals surface area contributed by atoms with Gasteiger partial charge in [0.05, 0.1) is 18.1 Å². The van der Waals surface area contributed by atoms with Gasteiger partial charge in [-0.3, -0.25) is 4.79 Å². The number of amides is 1. The summed E-state index contributed by atoms with van der Waals surface area (Å²) >= 11 is 0. The van der Waals surface area contributed by atoms with Crippen molar-refractivity contribution in [2.45, 2.75) is 43.5 Å². The van der Waals surface area contributed by atoms with Crippen LogP contribution in [0.15, 0.2) is 47.4 Å². The minimum atomic E-state index is -3.82. The molecule has 0 radical (unpaired) electrons. The summed E-state index contributed by atoms with van der Waals surface area (Å²) in [5.74, 6) is 0.981. The van der Waals surface area contributed by atoms with Crippen LogP contribution in [-0.4, -0.2) is 55.4 Å². The van der Waals surface area contributed by atoms with Gasteiger partial charge in [0.25, 0.3) is 5.91 Å². The first-order chi connectivity index (χ1) is 15.3. The van der Waals surface area contributed by atoms with Gasteiger partial charge >= 0.3 is 0 Å². The molecule has 0 spiro atoms. The highest BCUT2D eigenvalue weighted by Gasteiger charge is 2.29. The van der Waals surface area contributed by atoms with Crippen molar-refractivity contribution in [1.29, 1.82) is 0 Å². The van der Waals surface area contributed by atoms with Gasteiger partial charge in [0, 0.05) is 30.6 Å². The second kappa shape index (κ2) is 8.91. The predicted molar refractivity (Wildman–Crippen MR) is 122 cm³/mol. The summed E-state index contributed by atoms with van der Waals surface area (Å²) in [4.78, 5) is 23.1. The third kappa shape index (κ3) is 4.49. The molecule has 2 N–H and O–H groups in total. The molecule has 32 heavy (non-hydrogen) atoms. The summed E-state index contributed by atoms with van der Waals surface area (Å²) in [6.45, 7) is 4.63. The van der Waals surface area contributed by atoms with Crippen LogP contribution in [0.5, 0.6) is 5.75 Å². The van der Waals surface area contributed by atoms with E-state index in [-0.39, 0.29) is 28.5 Å². The van der Waals surface area contributed by atoms with Crippen molar-refractivity contribution < 1.29 is 17.9 Å². The fraction of sp³-hybridized carbons (Fsp3) is 0.391. The van der Waals surface area contributed by atoms with E-state index in [1.165, 1.54) is 19.2 Å². The normalized spacial score (nSPS) is 17.1. The maximum atomic E-state index is 13.3. The minimum absolute atomic E-state index is 0.0367. The number of hydrogen-bond donors (Lipinski definition) is 2. The topological polar surface area (TPSA) is 104 Å². The lowest BCUT2D eigenvalue weighted by Gasteiger charge is -2.32. The van der Waals surface area contributed by atoms with E-state index in [1.54, 1.807) is 24.8 Å². The van der Waals surface area contributed by atoms with Crippen LogP contribution in [0.3, 0.4) is 0 Å². The number of piperidine rings is 1. The first-order valence-corrected chi connectivity index (χ1v) is 12.2. The molecule has 0 aliphatic carbocycles. The van der Waals surface area contributed by atoms with Crippen molar-refractivity contribution >= 4 is 27.0 Å². The lowest BCUT2D eigenvalue weighted by molar-refractivity contribution is 0.0704. The molecule has 0 bridgehead atoms. The number of benzene rings is 2. The maximum Gasteiger partial charge on any atom is 0.253 e. The molecule has 1 amide bonds. The number of likely N-dealkylation sites (tertiary alicyclic amines) is 1. The van der Waals surface area contributed by atoms with Crippen LogP contribution in [-0.2, 0) is 10.0 Å². The molecule has 8 nitrogen and oxygen atoms in total. The number of aromatic amines is 1. The second-order valence-corrected chi connectivity index (χ2v) is 10.1. The molecule has 0 saturated carbocycles. The number of aromatic nitrogens is 2. The van der Waals surface area contributed by atoms with E-state index in [4.69, 9.17) is 9.72 Å². The number of fused-ring (bicyclic) bond motifs is 1. The number of sulfonamides is 1. The van der Waals surface area contributed by atoms with E-state index in [2.05, 4.69) is 9.71 Å². The summed E-state index contributed by atoms with van der Waals surface area (Å²) in [6, 6.07) is 12.1. The monoisotopic (exact) mass is 456 g/mol. The number of H-pyrrole nitrogens is 1. The highest BCUT2D eigenvalue weighted by atomic mass is 32.2. The number of hydrogen-bond acceptors (Lipinski definition) is 5. The van der Waals surface area contributed by atoms with Gasteiger partial charge in [0.2, 0.25) is 10.0 Å². The Hall–Kier alpha value is -2.91. The summed E-state index contributed by atoms with van der Waals surface area (Å²) in [5, 5.41) is 0. The Kier molecular flexibility index (Phi) is 6.21. The fourth-order valence-electron chi connectivity index (χ4n) is 4.13. The third-order valence-corrected chi connectivity index (χ3v) is 7.27. The summed E-state index contributed by atoms with van der Waals surface area (Å²) in [5.41, 5.74) is 2.21. The van der Waals surface area contributed by atoms with Gasteiger partial charge in [-0.05, 0) is 57.0 Å². The molecule has 9 heteroatoms. The van der Waals surface area contributed by atoms with Gasteiger partial charge in [-0.2, -0.15) is 0 Å². The zero-order chi connectivity index (χ0) is 22.9. The zero-order valence-electron chi connectivity index (χ0n) is 18.5. The zero-order valence-corrected chi connectivity index (χ0v) is 19.3. The van der Waals surface area contributed by atoms with E-state index in [9.17, 15) is 13.2 Å². The number of methoxy groups -OCH3 is 1. The number of nitrogens with one attached hydrogen (secondary N) is 2. The molecule has 1 saturated heterocycles. The molecule has 4 rings (SSSR count). The van der Waals surface area contributed by atoms with Crippen molar-refractivity contribution in [2.24, 2.45) is 0 Å². The van der Waals surface area contributed by atoms with Crippen LogP contribution in [0, 0.1) is 0 Å². The molecule has 2 heterocycles. The third-order valence-electron chi connectivity index (χ3n) is 5.59. The Morgan fingerprint density at radius 2 is 2.03 bits per heavy atom. The van der Waals surface area contributed by atoms with Gasteiger partial charge in [0.15, 0.2) is 0 Å². The van der Waals surface area contributed by atoms with Crippen LogP contribution >= 0.6 is 0 Å². The number of nitrogens with zero attached hydrogens (tertiary/aromatic N) is 2. The molecule has 1 atom stereocenters. The van der Waals surface area contributed by atoms with E-state index in [0.29, 0.717) is 18.7 Å². The van der Waals surface area contributed by atoms with E-state index in [0.717, 1.165) is 29.7 Å². The van der Waals surface area contributed by atoms with Crippen LogP contribution < -0.4 is 9.46 Å². The lowest BCUT2D eigenvalue weighted by atomic mass is 9.96. The second-order valence-electron chi connectivity index (χ2n) is 8.37. The number of rotatable bonds is 6. The molecular weight excluding hydrogens is 428 g/mol. The number of carbonyl (C=O) groups is 1. The number of ether oxygens (including phenoxy) is 1. The van der Waals surface area contributed by atoms with E-state index >= 15 is 0 Å². The number of para-hydroxylation sites is 2. The van der Waals surface area contributed by atoms with Gasteiger partial charge in [-0.1, -0.05) is 12.1 Å². The molecule has 0 unspecified atom stereocenters. The molecule has 1 aromatic heterocycles. The quantitative estimate of drug-likeness (QED) is 0.592. The Balaban J connectivity index is 1.59. The van der Waals surface area contributed by atoms with Gasteiger partial charge in [-0.25, -0.2) is 18.1 Å². The van der Waals surface area contributed by atoms with Crippen molar-refractivity contribution in [3.05, 3.63) is 53.9 Å². The largest absolute Gasteiger partial charge is 0.495 e. The molecular formula is C23H28N4O4S. The fourth-order valence-corrected chi connectivity index (χ4v) is 5.57. The van der Waals surface area contributed by atoms with Crippen LogP contribution in [0.25, 0.3) is 11.0 Å². The van der Waals surface area contributed by atoms with Crippen LogP contribution in [0.4, 0.5) is 0 Å². The highest BCUT2D eigenvalue weighted by Crippen LogP contribution is 2.29. The lowest BCUT2D eigenvalue weighted by Crippen LogP contribution is -2.39. The molecule has 1 aliphatic rings. The Bertz CT molecular complexity index is 1200. The van der Waals surface area contributed by atoms with Gasteiger partial charge in [0.1, 0.15) is 16.5 Å². The predicted octanol–water partition coefficient (Wildman–Crippen LogP) is 3.28. The molecule has 2 aromatic carbocycles. The molecule has 1 aliphatic heterocycles. The molecule has 1 fully saturated rings. The van der Waals surface area contributed by atoms with Gasteiger partial charge in [-0.15, -0.1) is 0 Å². The Morgan fingerprint density at radius 1 is 1.25 bits per heavy atom. The van der Waals surface area contributed by atoms with Crippen molar-refractivity contribution in [1.82, 2.24) is 19.6 Å². The number of imidazole rings is 1. The first kappa shape index (κ1) is 22.3. The molecule has 3 aromatic rings. The Labute approximate surface area is 188 Å². The summed E-state index contributed by atoms with van der Waals surface area (Å²) < 4.78 is 33.3. The van der Waals surface area contributed by atoms with E-state index < -0.39 is 10.0 Å². The standard InChI is InChI=1S/C23H28N4O4S/c1-15(2)26-32(29,30)21-13-16(10-11-20(21)31-3)23(28)27-12-6-7-17(14-27)22-24-18-8-4-5-9-19(18)25-22/h4-5,8-11,13,15,17,26H,6-7,12,14H2,1-3H3,(H,24,25)/t17-/m1/s1. The summed E-state index contributed by atoms with van der Waals surface area (Å²) in [6.07, 6.45) is 1.79. The van der Waals surface area contributed by atoms with Gasteiger partial charge < -0.3 is 14.6 Å². The van der Waals surface area contributed by atoms with Crippen molar-refractivity contribution in [3.8, 4) is 5.75 Å². The minimum Gasteiger partial charge on any atom is -0.495 e. The van der Waals surface area contributed by atoms with E-state index in [1.807, 2.05) is 24.3 Å². The average Bonchev–Trinajstić information content (AvgIpc) is 3.22. The van der Waals surface area contributed by atoms with Crippen molar-refractivity contribution in [2.75, 3.05) is 20.2 Å². The van der Waals surface area contributed by atoms with Crippen LogP contribution in [0.1, 0.15) is 48.8 Å². The highest BCUT2D eigenvalue weighted by molar-refractivity contribution is 7.89. The van der Waals surface area contributed by atoms with Crippen molar-refractivity contribution in [3.63, 3.8) is 0 Å². The first-order valence-electron chi connectivity index (χ1n) is 10.7. The number of carbonyl (C=O) groups excluding carboxylic acids is 1.